The van der Waals surface area contributed by atoms with Crippen molar-refractivity contribution in [1.82, 2.24) is 9.88 Å². The number of nitrogens with zero attached hydrogens (tertiary/aromatic N) is 3. The van der Waals surface area contributed by atoms with Crippen molar-refractivity contribution in [3.63, 3.8) is 0 Å². The molecule has 9 heteroatoms. The fraction of sp³-hybridized carbons (Fsp3) is 0.478. The van der Waals surface area contributed by atoms with Crippen LogP contribution in [0.1, 0.15) is 24.8 Å². The van der Waals surface area contributed by atoms with Crippen LogP contribution in [0.3, 0.4) is 0 Å². The minimum atomic E-state index is -5.08. The maximum atomic E-state index is 10.6. The van der Waals surface area contributed by atoms with Gasteiger partial charge in [-0.15, -0.1) is 0 Å². The number of likely N-dealkylation sites (tertiary alicyclic amines) is 1. The van der Waals surface area contributed by atoms with E-state index in [0.29, 0.717) is 5.41 Å². The molecule has 4 rings (SSSR count). The fourth-order valence-corrected chi connectivity index (χ4v) is 4.48. The molecule has 1 N–H and O–H groups in total. The van der Waals surface area contributed by atoms with E-state index in [1.165, 1.54) is 37.9 Å². The molecular formula is C23H28F3N3O3. The third-order valence-electron chi connectivity index (χ3n) is 5.93. The molecule has 0 amide bonds. The van der Waals surface area contributed by atoms with E-state index < -0.39 is 12.1 Å². The van der Waals surface area contributed by atoms with E-state index >= 15 is 0 Å². The molecule has 6 nitrogen and oxygen atoms in total. The van der Waals surface area contributed by atoms with E-state index in [1.807, 2.05) is 18.3 Å². The van der Waals surface area contributed by atoms with Gasteiger partial charge in [0.05, 0.1) is 7.11 Å². The number of carboxylic acids is 1. The number of anilines is 1. The van der Waals surface area contributed by atoms with Gasteiger partial charge in [0.2, 0.25) is 0 Å². The Kier molecular flexibility index (Phi) is 7.60. The highest BCUT2D eigenvalue weighted by Crippen LogP contribution is 2.40. The van der Waals surface area contributed by atoms with Gasteiger partial charge in [-0.05, 0) is 55.6 Å². The molecule has 2 fully saturated rings. The van der Waals surface area contributed by atoms with Crippen molar-refractivity contribution in [3.05, 3.63) is 54.2 Å². The molecule has 1 aromatic carbocycles. The third kappa shape index (κ3) is 6.35. The summed E-state index contributed by atoms with van der Waals surface area (Å²) >= 11 is 0. The molecule has 3 heterocycles. The summed E-state index contributed by atoms with van der Waals surface area (Å²) < 4.78 is 37.1. The number of halogens is 3. The first-order chi connectivity index (χ1) is 15.2. The van der Waals surface area contributed by atoms with Crippen LogP contribution in [-0.4, -0.2) is 60.4 Å². The molecule has 1 aromatic heterocycles. The summed E-state index contributed by atoms with van der Waals surface area (Å²) in [6.07, 6.45) is 0.722. The Morgan fingerprint density at radius 2 is 1.94 bits per heavy atom. The van der Waals surface area contributed by atoms with E-state index in [4.69, 9.17) is 14.6 Å². The molecule has 1 spiro atoms. The quantitative estimate of drug-likeness (QED) is 0.751. The SMILES string of the molecule is COc1cccc(CN2CCCC3(CCN(c4ccccn4)C3)C2)c1.O=C(O)C(F)(F)F. The van der Waals surface area contributed by atoms with E-state index in [1.54, 1.807) is 7.11 Å². The van der Waals surface area contributed by atoms with E-state index in [0.717, 1.165) is 31.2 Å². The number of pyridine rings is 1. The van der Waals surface area contributed by atoms with Gasteiger partial charge in [-0.2, -0.15) is 13.2 Å². The summed E-state index contributed by atoms with van der Waals surface area (Å²) in [5.74, 6) is -0.678. The van der Waals surface area contributed by atoms with Crippen molar-refractivity contribution in [1.29, 1.82) is 0 Å². The van der Waals surface area contributed by atoms with Gasteiger partial charge in [-0.25, -0.2) is 9.78 Å². The number of benzene rings is 1. The van der Waals surface area contributed by atoms with E-state index in [9.17, 15) is 13.2 Å². The molecule has 2 aromatic rings. The molecule has 0 saturated carbocycles. The zero-order valence-electron chi connectivity index (χ0n) is 18.0. The van der Waals surface area contributed by atoms with Gasteiger partial charge in [0.15, 0.2) is 0 Å². The second kappa shape index (κ2) is 10.2. The Hall–Kier alpha value is -2.81. The van der Waals surface area contributed by atoms with Gasteiger partial charge in [-0.3, -0.25) is 4.90 Å². The molecule has 1 atom stereocenters. The number of hydrogen-bond acceptors (Lipinski definition) is 5. The minimum absolute atomic E-state index is 0.425. The van der Waals surface area contributed by atoms with Crippen molar-refractivity contribution in [2.24, 2.45) is 5.41 Å². The predicted octanol–water partition coefficient (Wildman–Crippen LogP) is 4.22. The van der Waals surface area contributed by atoms with Crippen LogP contribution >= 0.6 is 0 Å². The number of alkyl halides is 3. The monoisotopic (exact) mass is 451 g/mol. The van der Waals surface area contributed by atoms with E-state index in [-0.39, 0.29) is 0 Å². The maximum absolute atomic E-state index is 10.6. The molecule has 2 aliphatic rings. The van der Waals surface area contributed by atoms with Crippen LogP contribution in [0.5, 0.6) is 5.75 Å². The highest BCUT2D eigenvalue weighted by Gasteiger charge is 2.41. The van der Waals surface area contributed by atoms with E-state index in [2.05, 4.69) is 45.1 Å². The van der Waals surface area contributed by atoms with Gasteiger partial charge in [-0.1, -0.05) is 18.2 Å². The summed E-state index contributed by atoms with van der Waals surface area (Å²) in [7, 11) is 1.74. The maximum Gasteiger partial charge on any atom is 0.490 e. The fourth-order valence-electron chi connectivity index (χ4n) is 4.48. The Balaban J connectivity index is 0.000000360. The lowest BCUT2D eigenvalue weighted by Gasteiger charge is -2.40. The van der Waals surface area contributed by atoms with Gasteiger partial charge >= 0.3 is 12.1 Å². The second-order valence-corrected chi connectivity index (χ2v) is 8.33. The normalized spacial score (nSPS) is 21.2. The van der Waals surface area contributed by atoms with Crippen molar-refractivity contribution < 1.29 is 27.8 Å². The zero-order valence-corrected chi connectivity index (χ0v) is 18.0. The summed E-state index contributed by atoms with van der Waals surface area (Å²) in [5, 5.41) is 7.12. The van der Waals surface area contributed by atoms with Crippen LogP contribution in [0.4, 0.5) is 19.0 Å². The van der Waals surface area contributed by atoms with Gasteiger partial charge in [0.25, 0.3) is 0 Å². The average molecular weight is 451 g/mol. The first-order valence-corrected chi connectivity index (χ1v) is 10.5. The van der Waals surface area contributed by atoms with Crippen LogP contribution in [0.25, 0.3) is 0 Å². The standard InChI is InChI=1S/C21H27N3O.C2HF3O2/c1-25-19-7-4-6-18(14-19)15-23-12-5-9-21(16-23)10-13-24(17-21)20-8-2-3-11-22-20;3-2(4,5)1(6)7/h2-4,6-8,11,14H,5,9-10,12-13,15-17H2,1H3;(H,6,7). The number of carbonyl (C=O) groups is 1. The van der Waals surface area contributed by atoms with Gasteiger partial charge in [0, 0.05) is 37.8 Å². The highest BCUT2D eigenvalue weighted by molar-refractivity contribution is 5.73. The molecule has 1 unspecified atom stereocenters. The van der Waals surface area contributed by atoms with Crippen LogP contribution in [0, 0.1) is 5.41 Å². The Labute approximate surface area is 185 Å². The molecule has 174 valence electrons. The third-order valence-corrected chi connectivity index (χ3v) is 5.93. The second-order valence-electron chi connectivity index (χ2n) is 8.33. The number of hydrogen-bond donors (Lipinski definition) is 1. The molecule has 2 saturated heterocycles. The largest absolute Gasteiger partial charge is 0.497 e. The molecule has 0 aliphatic carbocycles. The van der Waals surface area contributed by atoms with Crippen molar-refractivity contribution in [3.8, 4) is 5.75 Å². The van der Waals surface area contributed by atoms with Crippen molar-refractivity contribution >= 4 is 11.8 Å². The highest BCUT2D eigenvalue weighted by atomic mass is 19.4. The van der Waals surface area contributed by atoms with Crippen LogP contribution < -0.4 is 9.64 Å². The zero-order chi connectivity index (χ0) is 23.2. The number of rotatable bonds is 4. The van der Waals surface area contributed by atoms with Crippen LogP contribution in [-0.2, 0) is 11.3 Å². The van der Waals surface area contributed by atoms with Crippen molar-refractivity contribution in [2.45, 2.75) is 32.0 Å². The predicted molar refractivity (Wildman–Crippen MR) is 115 cm³/mol. The van der Waals surface area contributed by atoms with Crippen molar-refractivity contribution in [2.75, 3.05) is 38.2 Å². The molecular weight excluding hydrogens is 423 g/mol. The summed E-state index contributed by atoms with van der Waals surface area (Å²) in [5.41, 5.74) is 1.77. The summed E-state index contributed by atoms with van der Waals surface area (Å²) in [6.45, 7) is 5.67. The first-order valence-electron chi connectivity index (χ1n) is 10.5. The smallest absolute Gasteiger partial charge is 0.490 e. The average Bonchev–Trinajstić information content (AvgIpc) is 3.17. The van der Waals surface area contributed by atoms with Crippen LogP contribution in [0.15, 0.2) is 48.7 Å². The summed E-state index contributed by atoms with van der Waals surface area (Å²) in [6, 6.07) is 14.7. The number of ether oxygens (including phenoxy) is 1. The summed E-state index contributed by atoms with van der Waals surface area (Å²) in [4.78, 5) is 18.5. The lowest BCUT2D eigenvalue weighted by molar-refractivity contribution is -0.192. The number of piperidine rings is 1. The first kappa shape index (κ1) is 23.8. The number of methoxy groups -OCH3 is 1. The molecule has 0 radical (unpaired) electrons. The van der Waals surface area contributed by atoms with Gasteiger partial charge in [0.1, 0.15) is 11.6 Å². The Morgan fingerprint density at radius 3 is 2.59 bits per heavy atom. The molecule has 2 aliphatic heterocycles. The molecule has 32 heavy (non-hydrogen) atoms. The number of aliphatic carboxylic acids is 1. The topological polar surface area (TPSA) is 65.9 Å². The van der Waals surface area contributed by atoms with Gasteiger partial charge < -0.3 is 14.7 Å². The Morgan fingerprint density at radius 1 is 1.16 bits per heavy atom. The Bertz CT molecular complexity index is 895. The lowest BCUT2D eigenvalue weighted by Crippen LogP contribution is -2.44. The minimum Gasteiger partial charge on any atom is -0.497 e. The lowest BCUT2D eigenvalue weighted by atomic mass is 9.79. The molecule has 0 bridgehead atoms. The number of carboxylic acid groups (broad SMARTS) is 1. The number of aromatic nitrogens is 1. The van der Waals surface area contributed by atoms with Crippen LogP contribution in [0.2, 0.25) is 0 Å².